The standard InChI is InChI=1S/Al.Ca.O2Si.2O/c;;1-3-2;;/q+3;+2;;2*-2. The van der Waals surface area contributed by atoms with Gasteiger partial charge in [-0.3, -0.25) is 8.92 Å². The first-order valence-corrected chi connectivity index (χ1v) is 1.22. The van der Waals surface area contributed by atoms with Crippen LogP contribution in [0.2, 0.25) is 0 Å². The normalized spacial score (nSPS) is 1.14. The van der Waals surface area contributed by atoms with Crippen molar-refractivity contribution in [3.63, 3.8) is 0 Å². The van der Waals surface area contributed by atoms with Gasteiger partial charge in [0.2, 0.25) is 0 Å². The van der Waals surface area contributed by atoms with E-state index in [9.17, 15) is 0 Å². The predicted molar refractivity (Wildman–Crippen MR) is 20.0 cm³/mol. The fourth-order valence-electron chi connectivity index (χ4n) is 0. The summed E-state index contributed by atoms with van der Waals surface area (Å²) in [7, 11) is -1.42. The summed E-state index contributed by atoms with van der Waals surface area (Å²) in [6.07, 6.45) is 0. The molecule has 0 aliphatic rings. The van der Waals surface area contributed by atoms with Crippen LogP contribution in [0, 0.1) is 0 Å². The molecule has 0 saturated heterocycles. The van der Waals surface area contributed by atoms with Gasteiger partial charge in [0, 0.05) is 0 Å². The molecule has 0 aliphatic carbocycles. The van der Waals surface area contributed by atoms with E-state index in [1.807, 2.05) is 0 Å². The molecule has 0 amide bonds. The third-order valence-corrected chi connectivity index (χ3v) is 0. The van der Waals surface area contributed by atoms with Gasteiger partial charge in [-0.15, -0.1) is 0 Å². The number of hydrogen-bond acceptors (Lipinski definition) is 2. The molecule has 0 N–H and O–H groups in total. The molecule has 0 aliphatic heterocycles. The first-order chi connectivity index (χ1) is 1.41. The minimum absolute atomic E-state index is 0. The molecule has 0 aromatic rings. The van der Waals surface area contributed by atoms with Crippen molar-refractivity contribution < 1.29 is 19.9 Å². The number of hydrogen-bond donors (Lipinski definition) is 0. The average molecular weight is 159 g/mol. The zero-order valence-electron chi connectivity index (χ0n) is 3.42. The summed E-state index contributed by atoms with van der Waals surface area (Å²) in [5.41, 5.74) is 0. The van der Waals surface area contributed by atoms with Gasteiger partial charge >= 0.3 is 64.4 Å². The molecular formula is AlCaO4Si+. The largest absolute Gasteiger partial charge is 3.00 e. The molecular weight excluding hydrogens is 159 g/mol. The van der Waals surface area contributed by atoms with Crippen LogP contribution in [-0.2, 0) is 19.9 Å². The van der Waals surface area contributed by atoms with Gasteiger partial charge in [-0.1, -0.05) is 0 Å². The molecule has 0 spiro atoms. The Labute approximate surface area is 83.4 Å². The molecule has 32 valence electrons. The van der Waals surface area contributed by atoms with Crippen LogP contribution in [0.1, 0.15) is 0 Å². The van der Waals surface area contributed by atoms with Crippen LogP contribution in [0.25, 0.3) is 0 Å². The molecule has 7 heteroatoms. The van der Waals surface area contributed by atoms with Gasteiger partial charge < -0.3 is 11.0 Å². The summed E-state index contributed by atoms with van der Waals surface area (Å²) in [4.78, 5) is 0. The van der Waals surface area contributed by atoms with Gasteiger partial charge in [0.25, 0.3) is 0 Å². The first-order valence-electron chi connectivity index (χ1n) is 0.408. The van der Waals surface area contributed by atoms with Crippen LogP contribution >= 0.6 is 0 Å². The molecule has 0 rings (SSSR count). The molecule has 0 atom stereocenters. The van der Waals surface area contributed by atoms with Gasteiger partial charge in [-0.05, 0) is 0 Å². The van der Waals surface area contributed by atoms with Gasteiger partial charge in [-0.25, -0.2) is 0 Å². The molecule has 7 heavy (non-hydrogen) atoms. The zero-order chi connectivity index (χ0) is 2.71. The van der Waals surface area contributed by atoms with E-state index in [4.69, 9.17) is 8.92 Å². The SMILES string of the molecule is O=[Si]=O.[Al+3].[Ca+2].[O-2].[O-2]. The van der Waals surface area contributed by atoms with Crippen molar-refractivity contribution in [3.05, 3.63) is 0 Å². The molecule has 0 radical (unpaired) electrons. The van der Waals surface area contributed by atoms with Crippen LogP contribution in [0.3, 0.4) is 0 Å². The minimum atomic E-state index is -1.42. The smallest absolute Gasteiger partial charge is 2.00 e. The third kappa shape index (κ3) is 98.4. The summed E-state index contributed by atoms with van der Waals surface area (Å²) < 4.78 is 16.8. The monoisotopic (exact) mass is 159 g/mol. The van der Waals surface area contributed by atoms with Crippen molar-refractivity contribution in [1.82, 2.24) is 0 Å². The Hall–Kier alpha value is 1.53. The molecule has 0 aromatic carbocycles. The summed E-state index contributed by atoms with van der Waals surface area (Å²) in [6, 6.07) is 0. The van der Waals surface area contributed by atoms with E-state index in [1.165, 1.54) is 0 Å². The van der Waals surface area contributed by atoms with E-state index in [-0.39, 0.29) is 66.1 Å². The van der Waals surface area contributed by atoms with Crippen molar-refractivity contribution in [3.8, 4) is 0 Å². The van der Waals surface area contributed by atoms with Gasteiger partial charge in [0.1, 0.15) is 0 Å². The van der Waals surface area contributed by atoms with E-state index in [2.05, 4.69) is 0 Å². The van der Waals surface area contributed by atoms with Gasteiger partial charge in [0.05, 0.1) is 0 Å². The Morgan fingerprint density at radius 1 is 1.00 bits per heavy atom. The maximum atomic E-state index is 8.40. The van der Waals surface area contributed by atoms with Gasteiger partial charge in [-0.2, -0.15) is 0 Å². The van der Waals surface area contributed by atoms with Crippen LogP contribution in [0.5, 0.6) is 0 Å². The second-order valence-electron chi connectivity index (χ2n) is 0.0833. The van der Waals surface area contributed by atoms with E-state index >= 15 is 0 Å². The molecule has 0 bridgehead atoms. The number of rotatable bonds is 0. The Balaban J connectivity index is -0.00000000333. The van der Waals surface area contributed by atoms with E-state index < -0.39 is 9.29 Å². The van der Waals surface area contributed by atoms with E-state index in [0.717, 1.165) is 0 Å². The Morgan fingerprint density at radius 2 is 1.00 bits per heavy atom. The van der Waals surface area contributed by atoms with Crippen molar-refractivity contribution in [2.24, 2.45) is 0 Å². The third-order valence-electron chi connectivity index (χ3n) is 0. The zero-order valence-corrected chi connectivity index (χ0v) is 7.78. The Morgan fingerprint density at radius 3 is 1.00 bits per heavy atom. The molecule has 0 unspecified atom stereocenters. The van der Waals surface area contributed by atoms with Crippen molar-refractivity contribution in [2.75, 3.05) is 0 Å². The predicted octanol–water partition coefficient (Wildman–Crippen LogP) is -1.62. The fourth-order valence-corrected chi connectivity index (χ4v) is 0. The van der Waals surface area contributed by atoms with Crippen molar-refractivity contribution in [1.29, 1.82) is 0 Å². The van der Waals surface area contributed by atoms with Crippen LogP contribution < -0.4 is 0 Å². The Bertz CT molecular complexity index is 32.7. The van der Waals surface area contributed by atoms with Crippen molar-refractivity contribution in [2.45, 2.75) is 0 Å². The van der Waals surface area contributed by atoms with Crippen LogP contribution in [-0.4, -0.2) is 64.4 Å². The quantitative estimate of drug-likeness (QED) is 0.397. The van der Waals surface area contributed by atoms with Crippen LogP contribution in [0.4, 0.5) is 0 Å². The first kappa shape index (κ1) is 38.8. The summed E-state index contributed by atoms with van der Waals surface area (Å²) in [5.74, 6) is 0. The summed E-state index contributed by atoms with van der Waals surface area (Å²) in [6.45, 7) is 0. The second-order valence-corrected chi connectivity index (χ2v) is 0.250. The maximum Gasteiger partial charge on any atom is 3.00 e. The van der Waals surface area contributed by atoms with Gasteiger partial charge in [0.15, 0.2) is 0 Å². The maximum absolute atomic E-state index is 8.40. The van der Waals surface area contributed by atoms with E-state index in [1.54, 1.807) is 0 Å². The molecule has 0 heterocycles. The molecule has 0 fully saturated rings. The summed E-state index contributed by atoms with van der Waals surface area (Å²) in [5, 5.41) is 0. The van der Waals surface area contributed by atoms with E-state index in [0.29, 0.717) is 0 Å². The summed E-state index contributed by atoms with van der Waals surface area (Å²) >= 11 is 0. The molecule has 0 aromatic heterocycles. The fraction of sp³-hybridized carbons (Fsp3) is 0. The average Bonchev–Trinajstić information content (AvgIpc) is 0.918. The topological polar surface area (TPSA) is 91.1 Å². The minimum Gasteiger partial charge on any atom is -2.00 e. The van der Waals surface area contributed by atoms with Crippen LogP contribution in [0.15, 0.2) is 0 Å². The second kappa shape index (κ2) is 50.2. The van der Waals surface area contributed by atoms with Crippen molar-refractivity contribution >= 4 is 64.4 Å². The molecule has 4 nitrogen and oxygen atoms in total. The Kier molecular flexibility index (Phi) is 278. The molecule has 0 saturated carbocycles.